The van der Waals surface area contributed by atoms with Gasteiger partial charge in [-0.25, -0.2) is 19.9 Å². The number of benzene rings is 8. The van der Waals surface area contributed by atoms with Crippen LogP contribution in [0.25, 0.3) is 77.9 Å². The summed E-state index contributed by atoms with van der Waals surface area (Å²) in [7, 11) is 0. The van der Waals surface area contributed by atoms with Gasteiger partial charge >= 0.3 is 0 Å². The number of hydrogen-bond acceptors (Lipinski definition) is 5. The van der Waals surface area contributed by atoms with Crippen LogP contribution < -0.4 is 4.90 Å². The van der Waals surface area contributed by atoms with Gasteiger partial charge < -0.3 is 4.90 Å². The molecule has 2 aromatic heterocycles. The van der Waals surface area contributed by atoms with Gasteiger partial charge in [0.25, 0.3) is 0 Å². The van der Waals surface area contributed by atoms with E-state index in [1.165, 1.54) is 16.2 Å². The van der Waals surface area contributed by atoms with E-state index in [2.05, 4.69) is 144 Å². The highest BCUT2D eigenvalue weighted by molar-refractivity contribution is 6.22. The second-order valence-corrected chi connectivity index (χ2v) is 13.5. The largest absolute Gasteiger partial charge is 0.310 e. The maximum atomic E-state index is 5.45. The van der Waals surface area contributed by atoms with E-state index >= 15 is 0 Å². The Hall–Kier alpha value is -7.50. The SMILES string of the molecule is c1ccc(-c2nc(-c3ccccc3)nc(-c3ccc(-c4nc5cc(N(c6ccccc6)c6ccccc6)ccc5c5c4ccc4ccccc45)cc3)n2)cc1. The van der Waals surface area contributed by atoms with Gasteiger partial charge in [0.05, 0.1) is 11.2 Å². The fraction of sp³-hybridized carbons (Fsp3) is 0. The summed E-state index contributed by atoms with van der Waals surface area (Å²) in [4.78, 5) is 22.5. The molecule has 0 amide bonds. The lowest BCUT2D eigenvalue weighted by molar-refractivity contribution is 1.07. The molecule has 2 heterocycles. The van der Waals surface area contributed by atoms with Gasteiger partial charge in [0.15, 0.2) is 17.5 Å². The summed E-state index contributed by atoms with van der Waals surface area (Å²) < 4.78 is 0. The zero-order valence-electron chi connectivity index (χ0n) is 29.8. The van der Waals surface area contributed by atoms with Crippen LogP contribution in [-0.2, 0) is 0 Å². The molecular formula is C50H33N5. The molecule has 0 unspecified atom stereocenters. The minimum Gasteiger partial charge on any atom is -0.310 e. The first-order valence-corrected chi connectivity index (χ1v) is 18.4. The smallest absolute Gasteiger partial charge is 0.164 e. The Morgan fingerprint density at radius 3 is 1.36 bits per heavy atom. The predicted molar refractivity (Wildman–Crippen MR) is 227 cm³/mol. The van der Waals surface area contributed by atoms with E-state index in [1.807, 2.05) is 60.7 Å². The van der Waals surface area contributed by atoms with Crippen LogP contribution in [0.4, 0.5) is 17.1 Å². The molecule has 0 aliphatic carbocycles. The van der Waals surface area contributed by atoms with E-state index in [0.717, 1.165) is 61.3 Å². The van der Waals surface area contributed by atoms with Crippen molar-refractivity contribution in [3.63, 3.8) is 0 Å². The molecule has 10 rings (SSSR count). The van der Waals surface area contributed by atoms with Crippen molar-refractivity contribution in [3.05, 3.63) is 200 Å². The highest BCUT2D eigenvalue weighted by atomic mass is 15.1. The number of pyridine rings is 1. The summed E-state index contributed by atoms with van der Waals surface area (Å²) in [5.41, 5.74) is 8.85. The highest BCUT2D eigenvalue weighted by Crippen LogP contribution is 2.41. The van der Waals surface area contributed by atoms with Gasteiger partial charge in [-0.15, -0.1) is 0 Å². The summed E-state index contributed by atoms with van der Waals surface area (Å²) in [6.45, 7) is 0. The number of hydrogen-bond donors (Lipinski definition) is 0. The summed E-state index contributed by atoms with van der Waals surface area (Å²) in [6.07, 6.45) is 0. The summed E-state index contributed by atoms with van der Waals surface area (Å²) in [5, 5.41) is 5.81. The van der Waals surface area contributed by atoms with Crippen molar-refractivity contribution in [2.45, 2.75) is 0 Å². The average Bonchev–Trinajstić information content (AvgIpc) is 3.27. The van der Waals surface area contributed by atoms with E-state index < -0.39 is 0 Å². The number of anilines is 3. The highest BCUT2D eigenvalue weighted by Gasteiger charge is 2.18. The topological polar surface area (TPSA) is 54.8 Å². The van der Waals surface area contributed by atoms with Crippen LogP contribution in [0, 0.1) is 0 Å². The molecule has 0 spiro atoms. The number of fused-ring (bicyclic) bond motifs is 5. The van der Waals surface area contributed by atoms with Crippen molar-refractivity contribution in [2.75, 3.05) is 4.90 Å². The predicted octanol–water partition coefficient (Wildman–Crippen LogP) is 12.9. The molecule has 5 nitrogen and oxygen atoms in total. The van der Waals surface area contributed by atoms with Crippen LogP contribution in [0.15, 0.2) is 200 Å². The second kappa shape index (κ2) is 13.8. The Bertz CT molecular complexity index is 2850. The standard InChI is InChI=1S/C50H33N5/c1-5-16-36(17-6-1)48-52-49(37-18-7-2-8-19-37)54-50(53-48)38-27-25-35(26-28-38)47-44-31-29-34-15-13-14-24-42(34)46(44)43-32-30-41(33-45(43)51-47)55(39-20-9-3-10-21-39)40-22-11-4-12-23-40/h1-33H. The minimum absolute atomic E-state index is 0.619. The number of rotatable bonds is 7. The fourth-order valence-electron chi connectivity index (χ4n) is 7.44. The molecule has 5 heteroatoms. The average molecular weight is 704 g/mol. The summed E-state index contributed by atoms with van der Waals surface area (Å²) in [5.74, 6) is 1.89. The zero-order valence-corrected chi connectivity index (χ0v) is 29.8. The fourth-order valence-corrected chi connectivity index (χ4v) is 7.44. The Kier molecular flexibility index (Phi) is 8.08. The van der Waals surface area contributed by atoms with Crippen LogP contribution in [-0.4, -0.2) is 19.9 Å². The molecule has 258 valence electrons. The van der Waals surface area contributed by atoms with Crippen molar-refractivity contribution in [1.29, 1.82) is 0 Å². The molecule has 0 aliphatic heterocycles. The molecule has 0 fully saturated rings. The Labute approximate surface area is 318 Å². The third-order valence-corrected chi connectivity index (χ3v) is 10.1. The Balaban J connectivity index is 1.14. The van der Waals surface area contributed by atoms with E-state index in [1.54, 1.807) is 0 Å². The van der Waals surface area contributed by atoms with Crippen LogP contribution in [0.3, 0.4) is 0 Å². The normalized spacial score (nSPS) is 11.3. The monoisotopic (exact) mass is 703 g/mol. The van der Waals surface area contributed by atoms with Crippen molar-refractivity contribution in [3.8, 4) is 45.4 Å². The number of aromatic nitrogens is 4. The Morgan fingerprint density at radius 1 is 0.309 bits per heavy atom. The third kappa shape index (κ3) is 6.04. The molecule has 0 N–H and O–H groups in total. The molecule has 0 bridgehead atoms. The molecule has 0 radical (unpaired) electrons. The molecule has 10 aromatic rings. The second-order valence-electron chi connectivity index (χ2n) is 13.5. The van der Waals surface area contributed by atoms with Gasteiger partial charge in [0, 0.05) is 55.5 Å². The molecule has 0 aliphatic rings. The van der Waals surface area contributed by atoms with Gasteiger partial charge in [-0.1, -0.05) is 164 Å². The van der Waals surface area contributed by atoms with E-state index in [0.29, 0.717) is 17.5 Å². The van der Waals surface area contributed by atoms with Crippen molar-refractivity contribution in [2.24, 2.45) is 0 Å². The number of para-hydroxylation sites is 2. The lowest BCUT2D eigenvalue weighted by Gasteiger charge is -2.26. The van der Waals surface area contributed by atoms with Crippen LogP contribution in [0.2, 0.25) is 0 Å². The maximum Gasteiger partial charge on any atom is 0.164 e. The van der Waals surface area contributed by atoms with Crippen LogP contribution in [0.1, 0.15) is 0 Å². The first kappa shape index (κ1) is 32.2. The van der Waals surface area contributed by atoms with Crippen molar-refractivity contribution >= 4 is 49.5 Å². The van der Waals surface area contributed by atoms with E-state index in [4.69, 9.17) is 19.9 Å². The maximum absolute atomic E-state index is 5.45. The van der Waals surface area contributed by atoms with Crippen LogP contribution in [0.5, 0.6) is 0 Å². The quantitative estimate of drug-likeness (QED) is 0.155. The zero-order chi connectivity index (χ0) is 36.6. The van der Waals surface area contributed by atoms with Gasteiger partial charge in [-0.05, 0) is 47.2 Å². The Morgan fingerprint density at radius 2 is 0.782 bits per heavy atom. The van der Waals surface area contributed by atoms with Gasteiger partial charge in [0.1, 0.15) is 0 Å². The first-order chi connectivity index (χ1) is 27.3. The molecular weight excluding hydrogens is 671 g/mol. The summed E-state index contributed by atoms with van der Waals surface area (Å²) >= 11 is 0. The minimum atomic E-state index is 0.619. The van der Waals surface area contributed by atoms with E-state index in [9.17, 15) is 0 Å². The lowest BCUT2D eigenvalue weighted by Crippen LogP contribution is -2.09. The lowest BCUT2D eigenvalue weighted by atomic mass is 9.94. The van der Waals surface area contributed by atoms with Gasteiger partial charge in [0.2, 0.25) is 0 Å². The number of nitrogens with zero attached hydrogens (tertiary/aromatic N) is 5. The molecule has 0 saturated heterocycles. The molecule has 0 atom stereocenters. The first-order valence-electron chi connectivity index (χ1n) is 18.4. The molecule has 0 saturated carbocycles. The van der Waals surface area contributed by atoms with Gasteiger partial charge in [-0.2, -0.15) is 0 Å². The molecule has 55 heavy (non-hydrogen) atoms. The van der Waals surface area contributed by atoms with Gasteiger partial charge in [-0.3, -0.25) is 0 Å². The summed E-state index contributed by atoms with van der Waals surface area (Å²) in [6, 6.07) is 69.2. The van der Waals surface area contributed by atoms with E-state index in [-0.39, 0.29) is 0 Å². The third-order valence-electron chi connectivity index (χ3n) is 10.1. The van der Waals surface area contributed by atoms with Crippen molar-refractivity contribution < 1.29 is 0 Å². The molecule has 8 aromatic carbocycles. The van der Waals surface area contributed by atoms with Crippen LogP contribution >= 0.6 is 0 Å². The van der Waals surface area contributed by atoms with Crippen molar-refractivity contribution in [1.82, 2.24) is 19.9 Å².